The Bertz CT molecular complexity index is 301. The van der Waals surface area contributed by atoms with Crippen molar-refractivity contribution in [2.75, 3.05) is 7.11 Å². The van der Waals surface area contributed by atoms with Gasteiger partial charge < -0.3 is 9.47 Å². The third-order valence-electron chi connectivity index (χ3n) is 2.00. The number of methoxy groups -OCH3 is 1. The van der Waals surface area contributed by atoms with Crippen molar-refractivity contribution in [1.82, 2.24) is 0 Å². The molecule has 0 amide bonds. The molecule has 0 saturated carbocycles. The molecule has 98 valence electrons. The van der Waals surface area contributed by atoms with Crippen LogP contribution >= 0.6 is 0 Å². The van der Waals surface area contributed by atoms with Gasteiger partial charge in [-0.1, -0.05) is 6.92 Å². The fourth-order valence-corrected chi connectivity index (χ4v) is 1.15. The second-order valence-electron chi connectivity index (χ2n) is 4.71. The maximum Gasteiger partial charge on any atom is 0.321 e. The van der Waals surface area contributed by atoms with Gasteiger partial charge in [-0.25, -0.2) is 0 Å². The van der Waals surface area contributed by atoms with E-state index in [9.17, 15) is 14.4 Å². The zero-order valence-corrected chi connectivity index (χ0v) is 11.0. The second kappa shape index (κ2) is 6.37. The van der Waals surface area contributed by atoms with Crippen molar-refractivity contribution >= 4 is 17.7 Å². The molecule has 0 fully saturated rings. The fourth-order valence-electron chi connectivity index (χ4n) is 1.15. The Morgan fingerprint density at radius 2 is 1.65 bits per heavy atom. The zero-order valence-electron chi connectivity index (χ0n) is 11.0. The highest BCUT2D eigenvalue weighted by molar-refractivity contribution is 5.99. The van der Waals surface area contributed by atoms with Crippen LogP contribution in [0.25, 0.3) is 0 Å². The summed E-state index contributed by atoms with van der Waals surface area (Å²) in [5.74, 6) is -2.79. The van der Waals surface area contributed by atoms with Crippen molar-refractivity contribution < 1.29 is 23.9 Å². The first-order chi connectivity index (χ1) is 7.71. The van der Waals surface area contributed by atoms with E-state index in [1.165, 1.54) is 7.11 Å². The number of esters is 2. The van der Waals surface area contributed by atoms with E-state index in [2.05, 4.69) is 4.74 Å². The molecular formula is C12H20O5. The predicted octanol–water partition coefficient (Wildman–Crippen LogP) is 1.49. The van der Waals surface area contributed by atoms with Crippen LogP contribution in [0.5, 0.6) is 0 Å². The van der Waals surface area contributed by atoms with Crippen LogP contribution in [0.15, 0.2) is 0 Å². The minimum atomic E-state index is -1.16. The summed E-state index contributed by atoms with van der Waals surface area (Å²) in [6.45, 7) is 6.76. The van der Waals surface area contributed by atoms with E-state index in [1.54, 1.807) is 27.7 Å². The van der Waals surface area contributed by atoms with Gasteiger partial charge in [0, 0.05) is 12.8 Å². The maximum absolute atomic E-state index is 11.7. The lowest BCUT2D eigenvalue weighted by Crippen LogP contribution is -2.34. The highest BCUT2D eigenvalue weighted by Crippen LogP contribution is 2.16. The highest BCUT2D eigenvalue weighted by atomic mass is 16.6. The zero-order chi connectivity index (χ0) is 13.6. The molecule has 0 heterocycles. The first-order valence-corrected chi connectivity index (χ1v) is 5.53. The van der Waals surface area contributed by atoms with E-state index in [0.29, 0.717) is 0 Å². The van der Waals surface area contributed by atoms with E-state index in [0.717, 1.165) is 0 Å². The van der Waals surface area contributed by atoms with Gasteiger partial charge in [0.2, 0.25) is 0 Å². The molecule has 0 aromatic rings. The fraction of sp³-hybridized carbons (Fsp3) is 0.750. The Labute approximate surface area is 101 Å². The minimum absolute atomic E-state index is 0.169. The Morgan fingerprint density at radius 3 is 2.00 bits per heavy atom. The van der Waals surface area contributed by atoms with Crippen LogP contribution in [0, 0.1) is 5.92 Å². The number of carbonyl (C=O) groups excluding carboxylic acids is 3. The van der Waals surface area contributed by atoms with Gasteiger partial charge in [0.1, 0.15) is 11.4 Å². The number of Topliss-reactive ketones (excluding diaryl/α,β-unsaturated/α-hetero) is 1. The molecule has 0 spiro atoms. The molecule has 0 rings (SSSR count). The molecule has 1 atom stereocenters. The topological polar surface area (TPSA) is 69.7 Å². The van der Waals surface area contributed by atoms with Gasteiger partial charge in [-0.2, -0.15) is 0 Å². The number of carbonyl (C=O) groups is 3. The first kappa shape index (κ1) is 15.6. The van der Waals surface area contributed by atoms with Crippen LogP contribution < -0.4 is 0 Å². The van der Waals surface area contributed by atoms with Crippen molar-refractivity contribution in [3.63, 3.8) is 0 Å². The van der Waals surface area contributed by atoms with Crippen LogP contribution in [-0.4, -0.2) is 30.4 Å². The number of hydrogen-bond acceptors (Lipinski definition) is 5. The average molecular weight is 244 g/mol. The van der Waals surface area contributed by atoms with Gasteiger partial charge in [0.15, 0.2) is 5.92 Å². The van der Waals surface area contributed by atoms with Crippen molar-refractivity contribution in [2.24, 2.45) is 5.92 Å². The van der Waals surface area contributed by atoms with Crippen LogP contribution in [0.4, 0.5) is 0 Å². The molecule has 5 heteroatoms. The molecule has 0 bridgehead atoms. The Kier molecular flexibility index (Phi) is 5.85. The average Bonchev–Trinajstić information content (AvgIpc) is 2.21. The summed E-state index contributed by atoms with van der Waals surface area (Å²) in [6, 6.07) is 0. The standard InChI is InChI=1S/C12H20O5/c1-6-8(13)7-9(10(14)16-5)11(15)17-12(2,3)4/h9H,6-7H2,1-5H3. The molecule has 5 nitrogen and oxygen atoms in total. The molecule has 0 aliphatic carbocycles. The summed E-state index contributed by atoms with van der Waals surface area (Å²) in [4.78, 5) is 34.4. The maximum atomic E-state index is 11.7. The van der Waals surface area contributed by atoms with Crippen LogP contribution in [0.3, 0.4) is 0 Å². The smallest absolute Gasteiger partial charge is 0.321 e. The quantitative estimate of drug-likeness (QED) is 0.541. The lowest BCUT2D eigenvalue weighted by molar-refractivity contribution is -0.169. The molecule has 0 radical (unpaired) electrons. The molecule has 0 saturated heterocycles. The lowest BCUT2D eigenvalue weighted by Gasteiger charge is -2.22. The summed E-state index contributed by atoms with van der Waals surface area (Å²) in [5, 5.41) is 0. The van der Waals surface area contributed by atoms with Crippen LogP contribution in [0.2, 0.25) is 0 Å². The number of rotatable bonds is 5. The summed E-state index contributed by atoms with van der Waals surface area (Å²) in [6.07, 6.45) is 0.106. The Balaban J connectivity index is 4.74. The van der Waals surface area contributed by atoms with E-state index >= 15 is 0 Å². The third kappa shape index (κ3) is 6.04. The Morgan fingerprint density at radius 1 is 1.12 bits per heavy atom. The monoisotopic (exact) mass is 244 g/mol. The van der Waals surface area contributed by atoms with Crippen LogP contribution in [0.1, 0.15) is 40.5 Å². The Hall–Kier alpha value is -1.39. The normalized spacial score (nSPS) is 12.8. The lowest BCUT2D eigenvalue weighted by atomic mass is 10.0. The molecule has 1 unspecified atom stereocenters. The van der Waals surface area contributed by atoms with Gasteiger partial charge in [-0.3, -0.25) is 14.4 Å². The van der Waals surface area contributed by atoms with Gasteiger partial charge >= 0.3 is 11.9 Å². The van der Waals surface area contributed by atoms with Crippen molar-refractivity contribution in [3.05, 3.63) is 0 Å². The van der Waals surface area contributed by atoms with Gasteiger partial charge in [-0.05, 0) is 20.8 Å². The van der Waals surface area contributed by atoms with Crippen molar-refractivity contribution in [2.45, 2.75) is 46.1 Å². The summed E-state index contributed by atoms with van der Waals surface area (Å²) >= 11 is 0. The van der Waals surface area contributed by atoms with E-state index in [-0.39, 0.29) is 18.6 Å². The van der Waals surface area contributed by atoms with E-state index in [1.807, 2.05) is 0 Å². The molecule has 17 heavy (non-hydrogen) atoms. The van der Waals surface area contributed by atoms with Gasteiger partial charge in [-0.15, -0.1) is 0 Å². The van der Waals surface area contributed by atoms with Crippen molar-refractivity contribution in [1.29, 1.82) is 0 Å². The highest BCUT2D eigenvalue weighted by Gasteiger charge is 2.33. The number of ketones is 1. The molecular weight excluding hydrogens is 224 g/mol. The van der Waals surface area contributed by atoms with E-state index < -0.39 is 23.5 Å². The second-order valence-corrected chi connectivity index (χ2v) is 4.71. The number of hydrogen-bond donors (Lipinski definition) is 0. The van der Waals surface area contributed by atoms with Crippen LogP contribution in [-0.2, 0) is 23.9 Å². The molecule has 0 aromatic carbocycles. The summed E-state index contributed by atoms with van der Waals surface area (Å²) in [5.41, 5.74) is -0.696. The largest absolute Gasteiger partial charge is 0.468 e. The van der Waals surface area contributed by atoms with Gasteiger partial charge in [0.05, 0.1) is 7.11 Å². The molecule has 0 aromatic heterocycles. The molecule has 0 aliphatic rings. The van der Waals surface area contributed by atoms with E-state index in [4.69, 9.17) is 4.74 Å². The number of ether oxygens (including phenoxy) is 2. The SMILES string of the molecule is CCC(=O)CC(C(=O)OC)C(=O)OC(C)(C)C. The minimum Gasteiger partial charge on any atom is -0.468 e. The molecule has 0 N–H and O–H groups in total. The molecule has 0 aliphatic heterocycles. The van der Waals surface area contributed by atoms with Gasteiger partial charge in [0.25, 0.3) is 0 Å². The third-order valence-corrected chi connectivity index (χ3v) is 2.00. The summed E-state index contributed by atoms with van der Waals surface area (Å²) < 4.78 is 9.58. The summed E-state index contributed by atoms with van der Waals surface area (Å²) in [7, 11) is 1.18. The predicted molar refractivity (Wildman–Crippen MR) is 61.3 cm³/mol. The first-order valence-electron chi connectivity index (χ1n) is 5.53. The van der Waals surface area contributed by atoms with Crippen molar-refractivity contribution in [3.8, 4) is 0 Å².